The van der Waals surface area contributed by atoms with Crippen molar-refractivity contribution < 1.29 is 8.78 Å². The Morgan fingerprint density at radius 1 is 1.12 bits per heavy atom. The molecule has 25 heavy (non-hydrogen) atoms. The number of likely N-dealkylation sites (tertiary alicyclic amines) is 1. The van der Waals surface area contributed by atoms with Crippen molar-refractivity contribution in [2.24, 2.45) is 4.99 Å². The second-order valence-corrected chi connectivity index (χ2v) is 6.49. The molecule has 4 heteroatoms. The Morgan fingerprint density at radius 3 is 2.44 bits per heavy atom. The molecular weight excluding hydrogens is 318 g/mol. The van der Waals surface area contributed by atoms with E-state index in [1.54, 1.807) is 12.2 Å². The quantitative estimate of drug-likeness (QED) is 0.623. The van der Waals surface area contributed by atoms with Gasteiger partial charge in [-0.15, -0.1) is 0 Å². The molecule has 0 aromatic heterocycles. The van der Waals surface area contributed by atoms with Crippen molar-refractivity contribution in [2.45, 2.75) is 40.0 Å². The minimum atomic E-state index is -0.462. The number of benzene rings is 1. The van der Waals surface area contributed by atoms with Gasteiger partial charge >= 0.3 is 0 Å². The van der Waals surface area contributed by atoms with Gasteiger partial charge in [0.25, 0.3) is 0 Å². The predicted octanol–water partition coefficient (Wildman–Crippen LogP) is 5.73. The SMILES string of the molecule is C=C(C)N=C(/C=C/c1cc(F)ccc1F)/C(C)=C(\C)N1CCCCC1. The molecule has 1 aromatic carbocycles. The lowest BCUT2D eigenvalue weighted by Gasteiger charge is -2.30. The Hall–Kier alpha value is -2.23. The molecule has 134 valence electrons. The lowest BCUT2D eigenvalue weighted by molar-refractivity contribution is 0.284. The summed E-state index contributed by atoms with van der Waals surface area (Å²) < 4.78 is 27.2. The number of rotatable bonds is 5. The molecule has 0 N–H and O–H groups in total. The number of nitrogens with zero attached hydrogens (tertiary/aromatic N) is 2. The molecule has 0 aliphatic carbocycles. The maximum Gasteiger partial charge on any atom is 0.130 e. The summed E-state index contributed by atoms with van der Waals surface area (Å²) in [6, 6.07) is 3.42. The van der Waals surface area contributed by atoms with Crippen LogP contribution >= 0.6 is 0 Å². The van der Waals surface area contributed by atoms with E-state index in [0.717, 1.165) is 36.5 Å². The van der Waals surface area contributed by atoms with Crippen molar-refractivity contribution in [1.82, 2.24) is 4.90 Å². The van der Waals surface area contributed by atoms with Crippen LogP contribution in [-0.2, 0) is 0 Å². The van der Waals surface area contributed by atoms with E-state index in [1.165, 1.54) is 31.0 Å². The minimum absolute atomic E-state index is 0.206. The molecule has 2 rings (SSSR count). The van der Waals surface area contributed by atoms with Crippen molar-refractivity contribution in [3.63, 3.8) is 0 Å². The number of halogens is 2. The van der Waals surface area contributed by atoms with Crippen LogP contribution in [0.2, 0.25) is 0 Å². The normalized spacial score (nSPS) is 17.0. The van der Waals surface area contributed by atoms with Crippen LogP contribution in [0.5, 0.6) is 0 Å². The maximum atomic E-state index is 13.8. The lowest BCUT2D eigenvalue weighted by Crippen LogP contribution is -2.29. The fraction of sp³-hybridized carbons (Fsp3) is 0.381. The lowest BCUT2D eigenvalue weighted by atomic mass is 10.0. The average molecular weight is 344 g/mol. The zero-order valence-corrected chi connectivity index (χ0v) is 15.3. The molecule has 1 fully saturated rings. The maximum absolute atomic E-state index is 13.8. The Kier molecular flexibility index (Phi) is 6.68. The Morgan fingerprint density at radius 2 is 1.80 bits per heavy atom. The van der Waals surface area contributed by atoms with Crippen LogP contribution in [0.4, 0.5) is 8.78 Å². The largest absolute Gasteiger partial charge is 0.375 e. The summed E-state index contributed by atoms with van der Waals surface area (Å²) in [6.07, 6.45) is 6.96. The van der Waals surface area contributed by atoms with E-state index in [-0.39, 0.29) is 5.56 Å². The van der Waals surface area contributed by atoms with E-state index < -0.39 is 11.6 Å². The van der Waals surface area contributed by atoms with Crippen molar-refractivity contribution in [1.29, 1.82) is 0 Å². The topological polar surface area (TPSA) is 15.6 Å². The standard InChI is InChI=1S/C21H26F2N2/c1-15(2)24-21(11-8-18-14-19(22)9-10-20(18)23)16(3)17(4)25-12-6-5-7-13-25/h8-11,14H,1,5-7,12-13H2,2-4H3/b11-8+,17-16+,24-21?. The van der Waals surface area contributed by atoms with Gasteiger partial charge in [-0.3, -0.25) is 4.99 Å². The average Bonchev–Trinajstić information content (AvgIpc) is 2.60. The molecule has 0 saturated carbocycles. The number of piperidine rings is 1. The summed E-state index contributed by atoms with van der Waals surface area (Å²) in [5, 5.41) is 0. The van der Waals surface area contributed by atoms with E-state index in [0.29, 0.717) is 5.70 Å². The summed E-state index contributed by atoms with van der Waals surface area (Å²) in [5.74, 6) is -0.919. The first kappa shape index (κ1) is 19.1. The first-order valence-corrected chi connectivity index (χ1v) is 8.68. The molecule has 2 nitrogen and oxygen atoms in total. The van der Waals surface area contributed by atoms with Gasteiger partial charge in [0.2, 0.25) is 0 Å². The van der Waals surface area contributed by atoms with E-state index in [2.05, 4.69) is 23.4 Å². The summed E-state index contributed by atoms with van der Waals surface area (Å²) in [4.78, 5) is 6.86. The zero-order chi connectivity index (χ0) is 18.4. The molecular formula is C21H26F2N2. The van der Waals surface area contributed by atoms with Gasteiger partial charge in [0.1, 0.15) is 11.6 Å². The third-order valence-corrected chi connectivity index (χ3v) is 4.45. The zero-order valence-electron chi connectivity index (χ0n) is 15.3. The number of hydrogen-bond donors (Lipinski definition) is 0. The Labute approximate surface area is 149 Å². The highest BCUT2D eigenvalue weighted by Crippen LogP contribution is 2.20. The molecule has 0 radical (unpaired) electrons. The third-order valence-electron chi connectivity index (χ3n) is 4.45. The van der Waals surface area contributed by atoms with Gasteiger partial charge in [-0.2, -0.15) is 0 Å². The van der Waals surface area contributed by atoms with Crippen LogP contribution < -0.4 is 0 Å². The molecule has 1 aliphatic heterocycles. The highest BCUT2D eigenvalue weighted by atomic mass is 19.1. The van der Waals surface area contributed by atoms with Crippen molar-refractivity contribution >= 4 is 11.8 Å². The van der Waals surface area contributed by atoms with E-state index in [9.17, 15) is 8.78 Å². The van der Waals surface area contributed by atoms with Crippen LogP contribution in [0.25, 0.3) is 6.08 Å². The van der Waals surface area contributed by atoms with Gasteiger partial charge in [0, 0.05) is 30.0 Å². The number of hydrogen-bond acceptors (Lipinski definition) is 2. The highest BCUT2D eigenvalue weighted by Gasteiger charge is 2.14. The summed E-state index contributed by atoms with van der Waals surface area (Å²) >= 11 is 0. The third kappa shape index (κ3) is 5.38. The van der Waals surface area contributed by atoms with E-state index in [4.69, 9.17) is 0 Å². The first-order valence-electron chi connectivity index (χ1n) is 8.68. The van der Waals surface area contributed by atoms with Gasteiger partial charge in [-0.1, -0.05) is 6.58 Å². The van der Waals surface area contributed by atoms with Crippen molar-refractivity contribution in [3.05, 3.63) is 65.0 Å². The molecule has 1 aliphatic rings. The molecule has 0 bridgehead atoms. The van der Waals surface area contributed by atoms with Crippen molar-refractivity contribution in [3.8, 4) is 0 Å². The fourth-order valence-electron chi connectivity index (χ4n) is 2.91. The van der Waals surface area contributed by atoms with E-state index >= 15 is 0 Å². The molecule has 1 heterocycles. The molecule has 0 unspecified atom stereocenters. The van der Waals surface area contributed by atoms with Crippen LogP contribution in [0.3, 0.4) is 0 Å². The van der Waals surface area contributed by atoms with Gasteiger partial charge in [0.05, 0.1) is 5.71 Å². The highest BCUT2D eigenvalue weighted by molar-refractivity contribution is 6.10. The van der Waals surface area contributed by atoms with Gasteiger partial charge in [-0.05, 0) is 76.0 Å². The molecule has 1 saturated heterocycles. The summed E-state index contributed by atoms with van der Waals surface area (Å²) in [7, 11) is 0. The fourth-order valence-corrected chi connectivity index (χ4v) is 2.91. The van der Waals surface area contributed by atoms with Gasteiger partial charge in [-0.25, -0.2) is 8.78 Å². The molecule has 0 atom stereocenters. The smallest absolute Gasteiger partial charge is 0.130 e. The Balaban J connectivity index is 2.34. The Bertz CT molecular complexity index is 723. The van der Waals surface area contributed by atoms with Crippen LogP contribution in [0.15, 0.2) is 52.8 Å². The number of allylic oxidation sites excluding steroid dienone is 4. The second-order valence-electron chi connectivity index (χ2n) is 6.49. The monoisotopic (exact) mass is 344 g/mol. The van der Waals surface area contributed by atoms with Crippen LogP contribution in [0.1, 0.15) is 45.6 Å². The molecule has 0 spiro atoms. The summed E-state index contributed by atoms with van der Waals surface area (Å²) in [6.45, 7) is 11.9. The van der Waals surface area contributed by atoms with Crippen LogP contribution in [-0.4, -0.2) is 23.7 Å². The number of aliphatic imine (C=N–C) groups is 1. The summed E-state index contributed by atoms with van der Waals surface area (Å²) in [5.41, 5.74) is 3.80. The van der Waals surface area contributed by atoms with Gasteiger partial charge in [0.15, 0.2) is 0 Å². The predicted molar refractivity (Wildman–Crippen MR) is 101 cm³/mol. The van der Waals surface area contributed by atoms with Gasteiger partial charge < -0.3 is 4.90 Å². The van der Waals surface area contributed by atoms with Crippen LogP contribution in [0, 0.1) is 11.6 Å². The van der Waals surface area contributed by atoms with E-state index in [1.807, 2.05) is 13.8 Å². The molecule has 0 amide bonds. The molecule has 1 aromatic rings. The first-order chi connectivity index (χ1) is 11.9. The minimum Gasteiger partial charge on any atom is -0.375 e. The van der Waals surface area contributed by atoms with Crippen molar-refractivity contribution in [2.75, 3.05) is 13.1 Å². The second kappa shape index (κ2) is 8.75.